The maximum Gasteiger partial charge on any atom is 0.229 e. The van der Waals surface area contributed by atoms with Crippen LogP contribution < -0.4 is 10.6 Å². The Labute approximate surface area is 154 Å². The topological polar surface area (TPSA) is 107 Å². The molecule has 27 heavy (non-hydrogen) atoms. The molecular weight excluding hydrogens is 340 g/mol. The van der Waals surface area contributed by atoms with Gasteiger partial charge in [0, 0.05) is 33.9 Å². The number of benzene rings is 2. The molecule has 0 saturated carbocycles. The first-order valence-electron chi connectivity index (χ1n) is 8.48. The molecule has 0 aliphatic rings. The number of hydrogen-bond acceptors (Lipinski definition) is 6. The highest BCUT2D eigenvalue weighted by molar-refractivity contribution is 5.83. The number of nitrogens with one attached hydrogen (secondary N) is 4. The van der Waals surface area contributed by atoms with Crippen molar-refractivity contribution in [3.8, 4) is 0 Å². The van der Waals surface area contributed by atoms with Crippen LogP contribution in [0.4, 0.5) is 23.1 Å². The molecule has 0 aliphatic heterocycles. The van der Waals surface area contributed by atoms with Crippen LogP contribution in [-0.2, 0) is 0 Å². The summed E-state index contributed by atoms with van der Waals surface area (Å²) in [7, 11) is 0. The van der Waals surface area contributed by atoms with E-state index in [0.717, 1.165) is 44.6 Å². The van der Waals surface area contributed by atoms with Crippen LogP contribution in [0.25, 0.3) is 21.8 Å². The molecule has 0 bridgehead atoms. The molecule has 0 aliphatic carbocycles. The maximum absolute atomic E-state index is 4.62. The lowest BCUT2D eigenvalue weighted by atomic mass is 10.2. The number of H-pyrrole nitrogens is 2. The minimum absolute atomic E-state index is 0.523. The van der Waals surface area contributed by atoms with Crippen LogP contribution in [0, 0.1) is 6.92 Å². The molecule has 0 fully saturated rings. The first kappa shape index (κ1) is 15.3. The summed E-state index contributed by atoms with van der Waals surface area (Å²) in [6.07, 6.45) is 5.38. The molecule has 0 atom stereocenters. The Morgan fingerprint density at radius 3 is 2.07 bits per heavy atom. The minimum Gasteiger partial charge on any atom is -0.340 e. The molecule has 8 heteroatoms. The molecule has 0 amide bonds. The largest absolute Gasteiger partial charge is 0.340 e. The van der Waals surface area contributed by atoms with E-state index in [1.165, 1.54) is 0 Å². The van der Waals surface area contributed by atoms with Gasteiger partial charge in [0.25, 0.3) is 0 Å². The standard InChI is InChI=1S/C19H16N8/c1-11-8-20-19(24-15-3-5-17-13(7-15)10-22-27-17)25-18(11)23-14-2-4-16-12(6-14)9-21-26-16/h2-10H,1H3,(H,21,26)(H,22,27)(H2,20,23,24,25). The zero-order valence-electron chi connectivity index (χ0n) is 14.5. The van der Waals surface area contributed by atoms with Gasteiger partial charge in [-0.2, -0.15) is 15.2 Å². The van der Waals surface area contributed by atoms with E-state index in [1.807, 2.05) is 43.3 Å². The molecule has 8 nitrogen and oxygen atoms in total. The molecule has 3 heterocycles. The number of rotatable bonds is 4. The van der Waals surface area contributed by atoms with Crippen molar-refractivity contribution < 1.29 is 0 Å². The van der Waals surface area contributed by atoms with Crippen LogP contribution in [0.1, 0.15) is 5.56 Å². The van der Waals surface area contributed by atoms with Gasteiger partial charge < -0.3 is 10.6 Å². The number of hydrogen-bond donors (Lipinski definition) is 4. The normalized spacial score (nSPS) is 11.1. The van der Waals surface area contributed by atoms with Gasteiger partial charge in [-0.15, -0.1) is 0 Å². The van der Waals surface area contributed by atoms with E-state index in [-0.39, 0.29) is 0 Å². The van der Waals surface area contributed by atoms with E-state index in [2.05, 4.69) is 41.0 Å². The monoisotopic (exact) mass is 356 g/mol. The summed E-state index contributed by atoms with van der Waals surface area (Å²) in [5.74, 6) is 1.27. The van der Waals surface area contributed by atoms with Gasteiger partial charge in [0.15, 0.2) is 0 Å². The lowest BCUT2D eigenvalue weighted by molar-refractivity contribution is 1.12. The lowest BCUT2D eigenvalue weighted by Crippen LogP contribution is -2.02. The van der Waals surface area contributed by atoms with Crippen LogP contribution in [0.2, 0.25) is 0 Å². The summed E-state index contributed by atoms with van der Waals surface area (Å²) in [6.45, 7) is 1.97. The smallest absolute Gasteiger partial charge is 0.229 e. The molecule has 0 unspecified atom stereocenters. The highest BCUT2D eigenvalue weighted by Gasteiger charge is 2.07. The van der Waals surface area contributed by atoms with Crippen LogP contribution in [0.15, 0.2) is 55.0 Å². The molecule has 4 N–H and O–H groups in total. The van der Waals surface area contributed by atoms with Crippen molar-refractivity contribution in [2.75, 3.05) is 10.6 Å². The Morgan fingerprint density at radius 1 is 0.778 bits per heavy atom. The summed E-state index contributed by atoms with van der Waals surface area (Å²) in [5, 5.41) is 22.6. The molecule has 0 radical (unpaired) electrons. The van der Waals surface area contributed by atoms with Crippen LogP contribution in [-0.4, -0.2) is 30.4 Å². The predicted molar refractivity (Wildman–Crippen MR) is 106 cm³/mol. The van der Waals surface area contributed by atoms with Gasteiger partial charge in [-0.25, -0.2) is 4.98 Å². The van der Waals surface area contributed by atoms with Crippen molar-refractivity contribution in [1.82, 2.24) is 30.4 Å². The highest BCUT2D eigenvalue weighted by atomic mass is 15.1. The molecular formula is C19H16N8. The average Bonchev–Trinajstić information content (AvgIpc) is 3.32. The lowest BCUT2D eigenvalue weighted by Gasteiger charge is -2.11. The Bertz CT molecular complexity index is 1250. The fourth-order valence-electron chi connectivity index (χ4n) is 2.94. The second-order valence-corrected chi connectivity index (χ2v) is 6.32. The van der Waals surface area contributed by atoms with Gasteiger partial charge >= 0.3 is 0 Å². The van der Waals surface area contributed by atoms with Gasteiger partial charge in [-0.1, -0.05) is 0 Å². The van der Waals surface area contributed by atoms with Gasteiger partial charge in [0.05, 0.1) is 23.4 Å². The quantitative estimate of drug-likeness (QED) is 0.387. The Morgan fingerprint density at radius 2 is 1.41 bits per heavy atom. The fourth-order valence-corrected chi connectivity index (χ4v) is 2.94. The molecule has 2 aromatic carbocycles. The number of nitrogens with zero attached hydrogens (tertiary/aromatic N) is 4. The molecule has 0 spiro atoms. The molecule has 3 aromatic heterocycles. The zero-order chi connectivity index (χ0) is 18.2. The van der Waals surface area contributed by atoms with Crippen LogP contribution in [0.5, 0.6) is 0 Å². The van der Waals surface area contributed by atoms with E-state index in [0.29, 0.717) is 5.95 Å². The Kier molecular flexibility index (Phi) is 3.46. The van der Waals surface area contributed by atoms with E-state index < -0.39 is 0 Å². The number of anilines is 4. The summed E-state index contributed by atoms with van der Waals surface area (Å²) < 4.78 is 0. The summed E-state index contributed by atoms with van der Waals surface area (Å²) >= 11 is 0. The Hall–Kier alpha value is -3.94. The van der Waals surface area contributed by atoms with E-state index in [9.17, 15) is 0 Å². The third-order valence-electron chi connectivity index (χ3n) is 4.37. The van der Waals surface area contributed by atoms with Crippen molar-refractivity contribution in [3.05, 3.63) is 60.6 Å². The third-order valence-corrected chi connectivity index (χ3v) is 4.37. The van der Waals surface area contributed by atoms with Gasteiger partial charge in [-0.3, -0.25) is 10.2 Å². The van der Waals surface area contributed by atoms with Crippen molar-refractivity contribution in [1.29, 1.82) is 0 Å². The van der Waals surface area contributed by atoms with Gasteiger partial charge in [0.1, 0.15) is 5.82 Å². The van der Waals surface area contributed by atoms with Crippen molar-refractivity contribution in [2.24, 2.45) is 0 Å². The highest BCUT2D eigenvalue weighted by Crippen LogP contribution is 2.24. The maximum atomic E-state index is 4.62. The van der Waals surface area contributed by atoms with Gasteiger partial charge in [0.2, 0.25) is 5.95 Å². The SMILES string of the molecule is Cc1cnc(Nc2ccc3[nH]ncc3c2)nc1Nc1ccc2[nH]ncc2c1. The molecule has 5 aromatic rings. The van der Waals surface area contributed by atoms with Gasteiger partial charge in [-0.05, 0) is 43.3 Å². The average molecular weight is 356 g/mol. The molecule has 0 saturated heterocycles. The number of aromatic amines is 2. The summed E-state index contributed by atoms with van der Waals surface area (Å²) in [4.78, 5) is 9.00. The minimum atomic E-state index is 0.523. The van der Waals surface area contributed by atoms with Crippen LogP contribution >= 0.6 is 0 Å². The first-order chi connectivity index (χ1) is 13.2. The zero-order valence-corrected chi connectivity index (χ0v) is 14.5. The predicted octanol–water partition coefficient (Wildman–Crippen LogP) is 4.02. The van der Waals surface area contributed by atoms with E-state index in [1.54, 1.807) is 18.6 Å². The number of fused-ring (bicyclic) bond motifs is 2. The summed E-state index contributed by atoms with van der Waals surface area (Å²) in [5.41, 5.74) is 4.78. The second kappa shape index (κ2) is 6.10. The number of aryl methyl sites for hydroxylation is 1. The molecule has 132 valence electrons. The third kappa shape index (κ3) is 2.93. The summed E-state index contributed by atoms with van der Waals surface area (Å²) in [6, 6.07) is 11.9. The van der Waals surface area contributed by atoms with E-state index >= 15 is 0 Å². The number of aromatic nitrogens is 6. The first-order valence-corrected chi connectivity index (χ1v) is 8.48. The second-order valence-electron chi connectivity index (χ2n) is 6.32. The van der Waals surface area contributed by atoms with Crippen LogP contribution in [0.3, 0.4) is 0 Å². The van der Waals surface area contributed by atoms with E-state index in [4.69, 9.17) is 0 Å². The van der Waals surface area contributed by atoms with Crippen molar-refractivity contribution >= 4 is 44.9 Å². The molecule has 5 rings (SSSR count). The Balaban J connectivity index is 1.42. The van der Waals surface area contributed by atoms with Crippen molar-refractivity contribution in [2.45, 2.75) is 6.92 Å². The fraction of sp³-hybridized carbons (Fsp3) is 0.0526. The van der Waals surface area contributed by atoms with Crippen molar-refractivity contribution in [3.63, 3.8) is 0 Å².